The Hall–Kier alpha value is -2.75. The van der Waals surface area contributed by atoms with Crippen molar-refractivity contribution >= 4 is 50.7 Å². The standard InChI is InChI=1S/C27H22Cl2O3/c1-16-26(2,27(16,28)29)25(30)32-22-15-13-18-9-5-7-11-20(18)24(22)23-19-10-6-4-8-17(19)12-14-21(23)31-3/h4-16H,1-3H3/t16-,26-/m1/s1. The molecule has 0 aliphatic heterocycles. The minimum Gasteiger partial charge on any atom is -0.496 e. The average molecular weight is 465 g/mol. The Morgan fingerprint density at radius 1 is 0.812 bits per heavy atom. The number of carbonyl (C=O) groups is 1. The van der Waals surface area contributed by atoms with Crippen LogP contribution in [0.4, 0.5) is 0 Å². The minimum atomic E-state index is -1.14. The molecule has 2 atom stereocenters. The number of ether oxygens (including phenoxy) is 2. The van der Waals surface area contributed by atoms with Crippen LogP contribution < -0.4 is 9.47 Å². The number of esters is 1. The van der Waals surface area contributed by atoms with Gasteiger partial charge in [0, 0.05) is 17.0 Å². The number of benzene rings is 4. The zero-order valence-corrected chi connectivity index (χ0v) is 19.5. The van der Waals surface area contributed by atoms with E-state index in [1.54, 1.807) is 14.0 Å². The zero-order valence-electron chi connectivity index (χ0n) is 18.0. The second-order valence-electron chi connectivity index (χ2n) is 8.46. The van der Waals surface area contributed by atoms with Gasteiger partial charge in [0.1, 0.15) is 21.2 Å². The van der Waals surface area contributed by atoms with Crippen molar-refractivity contribution in [1.82, 2.24) is 0 Å². The molecule has 0 radical (unpaired) electrons. The van der Waals surface area contributed by atoms with E-state index in [1.807, 2.05) is 73.7 Å². The summed E-state index contributed by atoms with van der Waals surface area (Å²) in [5, 5.41) is 4.07. The molecule has 0 N–H and O–H groups in total. The molecule has 0 amide bonds. The summed E-state index contributed by atoms with van der Waals surface area (Å²) in [6, 6.07) is 23.9. The SMILES string of the molecule is COc1ccc2ccccc2c1-c1c(OC(=O)[C@@]2(C)[C@@H](C)C2(Cl)Cl)ccc2ccccc12. The molecule has 0 unspecified atom stereocenters. The molecule has 5 rings (SSSR count). The fourth-order valence-electron chi connectivity index (χ4n) is 4.53. The van der Waals surface area contributed by atoms with Gasteiger partial charge in [-0.1, -0.05) is 67.6 Å². The van der Waals surface area contributed by atoms with Crippen molar-refractivity contribution in [3.63, 3.8) is 0 Å². The average Bonchev–Trinajstić information content (AvgIpc) is 3.22. The molecule has 1 aliphatic carbocycles. The van der Waals surface area contributed by atoms with Crippen LogP contribution in [0.25, 0.3) is 32.7 Å². The van der Waals surface area contributed by atoms with Gasteiger partial charge in [-0.15, -0.1) is 23.2 Å². The van der Waals surface area contributed by atoms with Crippen LogP contribution in [0.5, 0.6) is 11.5 Å². The quantitative estimate of drug-likeness (QED) is 0.179. The summed E-state index contributed by atoms with van der Waals surface area (Å²) >= 11 is 12.8. The van der Waals surface area contributed by atoms with Crippen LogP contribution in [0.1, 0.15) is 13.8 Å². The lowest BCUT2D eigenvalue weighted by Crippen LogP contribution is -2.24. The molecule has 32 heavy (non-hydrogen) atoms. The first-order valence-electron chi connectivity index (χ1n) is 10.5. The normalized spacial score (nSPS) is 21.5. The van der Waals surface area contributed by atoms with Crippen LogP contribution >= 0.6 is 23.2 Å². The minimum absolute atomic E-state index is 0.207. The first-order valence-corrected chi connectivity index (χ1v) is 11.2. The highest BCUT2D eigenvalue weighted by molar-refractivity contribution is 6.53. The van der Waals surface area contributed by atoms with E-state index < -0.39 is 15.7 Å². The number of hydrogen-bond donors (Lipinski definition) is 0. The molecule has 4 aromatic carbocycles. The molecular weight excluding hydrogens is 443 g/mol. The van der Waals surface area contributed by atoms with Crippen molar-refractivity contribution in [1.29, 1.82) is 0 Å². The van der Waals surface area contributed by atoms with E-state index in [0.29, 0.717) is 11.5 Å². The zero-order chi connectivity index (χ0) is 22.7. The van der Waals surface area contributed by atoms with Gasteiger partial charge in [0.05, 0.1) is 7.11 Å². The number of halogens is 2. The van der Waals surface area contributed by atoms with Crippen LogP contribution in [-0.2, 0) is 4.79 Å². The number of carbonyl (C=O) groups excluding carboxylic acids is 1. The molecule has 5 heteroatoms. The van der Waals surface area contributed by atoms with Crippen LogP contribution in [-0.4, -0.2) is 17.4 Å². The second kappa shape index (κ2) is 7.40. The van der Waals surface area contributed by atoms with Gasteiger partial charge in [-0.2, -0.15) is 0 Å². The van der Waals surface area contributed by atoms with Gasteiger partial charge in [-0.05, 0) is 40.6 Å². The summed E-state index contributed by atoms with van der Waals surface area (Å²) in [6.45, 7) is 3.61. The van der Waals surface area contributed by atoms with E-state index in [4.69, 9.17) is 32.7 Å². The van der Waals surface area contributed by atoms with Crippen molar-refractivity contribution in [2.75, 3.05) is 7.11 Å². The van der Waals surface area contributed by atoms with Gasteiger partial charge in [0.25, 0.3) is 0 Å². The van der Waals surface area contributed by atoms with E-state index in [2.05, 4.69) is 6.07 Å². The Bertz CT molecular complexity index is 1380. The van der Waals surface area contributed by atoms with Crippen LogP contribution in [0.2, 0.25) is 0 Å². The summed E-state index contributed by atoms with van der Waals surface area (Å²) in [7, 11) is 1.65. The Morgan fingerprint density at radius 3 is 1.78 bits per heavy atom. The van der Waals surface area contributed by atoms with Gasteiger partial charge in [-0.3, -0.25) is 4.79 Å². The predicted octanol–water partition coefficient (Wildman–Crippen LogP) is 7.40. The Balaban J connectivity index is 1.77. The number of fused-ring (bicyclic) bond motifs is 2. The lowest BCUT2D eigenvalue weighted by Gasteiger charge is -2.19. The molecule has 0 aromatic heterocycles. The molecule has 1 fully saturated rings. The number of hydrogen-bond acceptors (Lipinski definition) is 3. The monoisotopic (exact) mass is 464 g/mol. The molecule has 0 spiro atoms. The lowest BCUT2D eigenvalue weighted by molar-refractivity contribution is -0.140. The maximum absolute atomic E-state index is 13.2. The highest BCUT2D eigenvalue weighted by Gasteiger charge is 2.76. The van der Waals surface area contributed by atoms with E-state index >= 15 is 0 Å². The van der Waals surface area contributed by atoms with Gasteiger partial charge in [0.2, 0.25) is 0 Å². The van der Waals surface area contributed by atoms with Crippen molar-refractivity contribution in [3.8, 4) is 22.6 Å². The van der Waals surface area contributed by atoms with Gasteiger partial charge in [-0.25, -0.2) is 0 Å². The molecular formula is C27H22Cl2O3. The first kappa shape index (κ1) is 21.1. The van der Waals surface area contributed by atoms with E-state index in [-0.39, 0.29) is 5.92 Å². The highest BCUT2D eigenvalue weighted by Crippen LogP contribution is 2.69. The maximum atomic E-state index is 13.2. The lowest BCUT2D eigenvalue weighted by atomic mass is 9.92. The summed E-state index contributed by atoms with van der Waals surface area (Å²) < 4.78 is 10.6. The molecule has 0 bridgehead atoms. The molecule has 1 aliphatic rings. The summed E-state index contributed by atoms with van der Waals surface area (Å²) in [5.41, 5.74) is 0.709. The fourth-order valence-corrected chi connectivity index (χ4v) is 5.34. The van der Waals surface area contributed by atoms with E-state index in [1.165, 1.54) is 0 Å². The Labute approximate surface area is 196 Å². The van der Waals surface area contributed by atoms with Crippen molar-refractivity contribution < 1.29 is 14.3 Å². The molecule has 0 heterocycles. The van der Waals surface area contributed by atoms with E-state index in [0.717, 1.165) is 32.7 Å². The molecule has 4 aromatic rings. The van der Waals surface area contributed by atoms with Crippen LogP contribution in [0, 0.1) is 11.3 Å². The summed E-state index contributed by atoms with van der Waals surface area (Å²) in [4.78, 5) is 13.2. The maximum Gasteiger partial charge on any atom is 0.320 e. The second-order valence-corrected chi connectivity index (χ2v) is 9.85. The van der Waals surface area contributed by atoms with Gasteiger partial charge >= 0.3 is 5.97 Å². The summed E-state index contributed by atoms with van der Waals surface area (Å²) in [5.74, 6) is 0.507. The molecule has 0 saturated heterocycles. The Morgan fingerprint density at radius 2 is 1.28 bits per heavy atom. The number of methoxy groups -OCH3 is 1. The Kier molecular flexibility index (Phi) is 4.88. The van der Waals surface area contributed by atoms with Crippen LogP contribution in [0.15, 0.2) is 72.8 Å². The summed E-state index contributed by atoms with van der Waals surface area (Å²) in [6.07, 6.45) is 0. The first-order chi connectivity index (χ1) is 15.3. The molecule has 162 valence electrons. The topological polar surface area (TPSA) is 35.5 Å². The van der Waals surface area contributed by atoms with Gasteiger partial charge < -0.3 is 9.47 Å². The largest absolute Gasteiger partial charge is 0.496 e. The smallest absolute Gasteiger partial charge is 0.320 e. The van der Waals surface area contributed by atoms with Gasteiger partial charge in [0.15, 0.2) is 0 Å². The molecule has 3 nitrogen and oxygen atoms in total. The predicted molar refractivity (Wildman–Crippen MR) is 131 cm³/mol. The van der Waals surface area contributed by atoms with Crippen molar-refractivity contribution in [2.45, 2.75) is 18.2 Å². The third-order valence-corrected chi connectivity index (χ3v) is 8.34. The number of rotatable bonds is 4. The van der Waals surface area contributed by atoms with E-state index in [9.17, 15) is 4.79 Å². The number of alkyl halides is 2. The molecule has 1 saturated carbocycles. The highest BCUT2D eigenvalue weighted by atomic mass is 35.5. The van der Waals surface area contributed by atoms with Crippen LogP contribution in [0.3, 0.4) is 0 Å². The van der Waals surface area contributed by atoms with Crippen molar-refractivity contribution in [2.24, 2.45) is 11.3 Å². The third kappa shape index (κ3) is 2.92. The van der Waals surface area contributed by atoms with Crippen molar-refractivity contribution in [3.05, 3.63) is 72.8 Å². The third-order valence-electron chi connectivity index (χ3n) is 6.90. The fraction of sp³-hybridized carbons (Fsp3) is 0.222.